The first-order valence-electron chi connectivity index (χ1n) is 9.66. The van der Waals surface area contributed by atoms with Gasteiger partial charge in [0.1, 0.15) is 18.2 Å². The molecule has 0 aliphatic carbocycles. The van der Waals surface area contributed by atoms with Crippen molar-refractivity contribution in [3.05, 3.63) is 70.9 Å². The Hall–Kier alpha value is -3.49. The lowest BCUT2D eigenvalue weighted by atomic mass is 9.86. The highest BCUT2D eigenvalue weighted by molar-refractivity contribution is 5.94. The third-order valence-corrected chi connectivity index (χ3v) is 5.27. The van der Waals surface area contributed by atoms with Gasteiger partial charge >= 0.3 is 6.18 Å². The molecule has 2 heterocycles. The number of nitrogens with one attached hydrogen (secondary N) is 2. The zero-order valence-electron chi connectivity index (χ0n) is 17.0. The van der Waals surface area contributed by atoms with Crippen LogP contribution in [0.2, 0.25) is 0 Å². The molecule has 6 nitrogen and oxygen atoms in total. The van der Waals surface area contributed by atoms with Crippen LogP contribution in [-0.2, 0) is 17.6 Å². The van der Waals surface area contributed by atoms with Crippen molar-refractivity contribution in [3.63, 3.8) is 0 Å². The van der Waals surface area contributed by atoms with Crippen LogP contribution in [0.25, 0.3) is 0 Å². The number of ether oxygens (including phenoxy) is 1. The third-order valence-electron chi connectivity index (χ3n) is 5.27. The molecule has 0 saturated carbocycles. The Kier molecular flexibility index (Phi) is 5.34. The number of hydrogen-bond donors (Lipinski definition) is 2. The summed E-state index contributed by atoms with van der Waals surface area (Å²) in [6.07, 6.45) is -2.48. The quantitative estimate of drug-likeness (QED) is 0.623. The van der Waals surface area contributed by atoms with Crippen molar-refractivity contribution in [3.8, 4) is 5.75 Å². The van der Waals surface area contributed by atoms with E-state index in [0.29, 0.717) is 11.6 Å². The molecule has 31 heavy (non-hydrogen) atoms. The molecule has 0 fully saturated rings. The number of rotatable bonds is 5. The molecule has 9 heteroatoms. The number of anilines is 2. The number of aromatic amines is 1. The maximum atomic E-state index is 13.2. The number of alkyl halides is 3. The van der Waals surface area contributed by atoms with Crippen molar-refractivity contribution >= 4 is 17.4 Å². The Morgan fingerprint density at radius 3 is 2.68 bits per heavy atom. The molecule has 2 aromatic carbocycles. The fourth-order valence-corrected chi connectivity index (χ4v) is 3.80. The lowest BCUT2D eigenvalue weighted by Gasteiger charge is -2.27. The minimum atomic E-state index is -4.44. The largest absolute Gasteiger partial charge is 0.489 e. The van der Waals surface area contributed by atoms with E-state index in [9.17, 15) is 18.0 Å². The molecule has 4 rings (SSSR count). The molecule has 0 radical (unpaired) electrons. The predicted molar refractivity (Wildman–Crippen MR) is 110 cm³/mol. The smallest absolute Gasteiger partial charge is 0.416 e. The second-order valence-corrected chi connectivity index (χ2v) is 7.56. The normalized spacial score (nSPS) is 15.9. The van der Waals surface area contributed by atoms with Crippen LogP contribution in [0.1, 0.15) is 34.6 Å². The summed E-state index contributed by atoms with van der Waals surface area (Å²) >= 11 is 0. The van der Waals surface area contributed by atoms with E-state index in [1.54, 1.807) is 24.4 Å². The van der Waals surface area contributed by atoms with E-state index in [2.05, 4.69) is 15.5 Å². The number of benzene rings is 2. The molecule has 1 aliphatic heterocycles. The van der Waals surface area contributed by atoms with Gasteiger partial charge in [0.15, 0.2) is 0 Å². The van der Waals surface area contributed by atoms with Crippen LogP contribution in [-0.4, -0.2) is 30.2 Å². The number of H-pyrrole nitrogens is 1. The van der Waals surface area contributed by atoms with E-state index >= 15 is 0 Å². The average Bonchev–Trinajstić information content (AvgIpc) is 3.19. The molecule has 3 aromatic rings. The highest BCUT2D eigenvalue weighted by Crippen LogP contribution is 2.41. The predicted octanol–water partition coefficient (Wildman–Crippen LogP) is 4.55. The van der Waals surface area contributed by atoms with Gasteiger partial charge in [0.05, 0.1) is 11.8 Å². The van der Waals surface area contributed by atoms with Crippen molar-refractivity contribution in [2.75, 3.05) is 24.3 Å². The highest BCUT2D eigenvalue weighted by Gasteiger charge is 2.33. The summed E-state index contributed by atoms with van der Waals surface area (Å²) in [5.74, 6) is 0.711. The zero-order chi connectivity index (χ0) is 22.2. The molecule has 1 aliphatic rings. The van der Waals surface area contributed by atoms with Crippen LogP contribution >= 0.6 is 0 Å². The van der Waals surface area contributed by atoms with E-state index in [0.717, 1.165) is 22.9 Å². The van der Waals surface area contributed by atoms with Crippen LogP contribution in [0.5, 0.6) is 5.75 Å². The molecule has 1 amide bonds. The number of halogens is 3. The fourth-order valence-electron chi connectivity index (χ4n) is 3.80. The van der Waals surface area contributed by atoms with E-state index in [4.69, 9.17) is 4.74 Å². The van der Waals surface area contributed by atoms with Crippen LogP contribution in [0.3, 0.4) is 0 Å². The lowest BCUT2D eigenvalue weighted by Crippen LogP contribution is -2.24. The first kappa shape index (κ1) is 20.8. The second-order valence-electron chi connectivity index (χ2n) is 7.56. The maximum Gasteiger partial charge on any atom is 0.416 e. The minimum absolute atomic E-state index is 0.0671. The van der Waals surface area contributed by atoms with Gasteiger partial charge in [-0.15, -0.1) is 0 Å². The molecule has 0 spiro atoms. The van der Waals surface area contributed by atoms with Gasteiger partial charge in [-0.3, -0.25) is 9.89 Å². The van der Waals surface area contributed by atoms with Crippen molar-refractivity contribution in [2.45, 2.75) is 25.1 Å². The van der Waals surface area contributed by atoms with Crippen LogP contribution in [0.4, 0.5) is 24.7 Å². The molecular weight excluding hydrogens is 409 g/mol. The number of fused-ring (bicyclic) bond motifs is 1. The van der Waals surface area contributed by atoms with E-state index in [-0.39, 0.29) is 30.4 Å². The van der Waals surface area contributed by atoms with E-state index < -0.39 is 11.7 Å². The summed E-state index contributed by atoms with van der Waals surface area (Å²) in [4.78, 5) is 14.0. The number of carbonyl (C=O) groups excluding carboxylic acids is 1. The molecule has 162 valence electrons. The first-order chi connectivity index (χ1) is 14.7. The number of aromatic nitrogens is 2. The molecule has 1 unspecified atom stereocenters. The van der Waals surface area contributed by atoms with Gasteiger partial charge in [0, 0.05) is 49.3 Å². The Labute approximate surface area is 177 Å². The van der Waals surface area contributed by atoms with Gasteiger partial charge < -0.3 is 15.0 Å². The Balaban J connectivity index is 1.62. The van der Waals surface area contributed by atoms with Crippen LogP contribution in [0.15, 0.2) is 48.7 Å². The highest BCUT2D eigenvalue weighted by atomic mass is 19.4. The minimum Gasteiger partial charge on any atom is -0.489 e. The van der Waals surface area contributed by atoms with Gasteiger partial charge in [-0.2, -0.15) is 18.3 Å². The summed E-state index contributed by atoms with van der Waals surface area (Å²) in [5.41, 5.74) is 1.96. The van der Waals surface area contributed by atoms with E-state index in [1.807, 2.05) is 25.1 Å². The summed E-state index contributed by atoms with van der Waals surface area (Å²) in [6.45, 7) is -0.209. The number of carbonyl (C=O) groups is 1. The van der Waals surface area contributed by atoms with Crippen molar-refractivity contribution < 1.29 is 22.7 Å². The third kappa shape index (κ3) is 4.21. The summed E-state index contributed by atoms with van der Waals surface area (Å²) < 4.78 is 45.4. The van der Waals surface area contributed by atoms with Crippen molar-refractivity contribution in [1.29, 1.82) is 0 Å². The van der Waals surface area contributed by atoms with Gasteiger partial charge in [-0.05, 0) is 17.7 Å². The number of amides is 1. The molecule has 2 N–H and O–H groups in total. The van der Waals surface area contributed by atoms with Crippen LogP contribution < -0.4 is 15.0 Å². The number of nitrogens with zero attached hydrogens (tertiary/aromatic N) is 2. The SMILES string of the molecule is CN(C)c1cc(OCc2ccccc2C(F)(F)F)ccc1C1CC(=O)Nc2[nH]ncc21. The summed E-state index contributed by atoms with van der Waals surface area (Å²) in [7, 11) is 3.72. The standard InChI is InChI=1S/C22H21F3N4O2/c1-29(2)19-9-14(31-12-13-5-3-4-6-18(13)22(23,24)25)7-8-15(19)16-10-20(30)27-21-17(16)11-26-28-21/h3-9,11,16H,10,12H2,1-2H3,(H2,26,27,28,30). The van der Waals surface area contributed by atoms with Gasteiger partial charge in [0.25, 0.3) is 0 Å². The molecule has 0 bridgehead atoms. The Morgan fingerprint density at radius 2 is 1.94 bits per heavy atom. The molecule has 1 aromatic heterocycles. The van der Waals surface area contributed by atoms with E-state index in [1.165, 1.54) is 12.1 Å². The second kappa shape index (κ2) is 7.98. The van der Waals surface area contributed by atoms with Gasteiger partial charge in [0.2, 0.25) is 5.91 Å². The zero-order valence-corrected chi connectivity index (χ0v) is 17.0. The van der Waals surface area contributed by atoms with Gasteiger partial charge in [-0.1, -0.05) is 24.3 Å². The van der Waals surface area contributed by atoms with Crippen LogP contribution in [0, 0.1) is 0 Å². The topological polar surface area (TPSA) is 70.2 Å². The molecule has 0 saturated heterocycles. The summed E-state index contributed by atoms with van der Waals surface area (Å²) in [5, 5.41) is 9.59. The Bertz CT molecular complexity index is 1110. The summed E-state index contributed by atoms with van der Waals surface area (Å²) in [6, 6.07) is 10.7. The van der Waals surface area contributed by atoms with Crippen molar-refractivity contribution in [2.24, 2.45) is 0 Å². The van der Waals surface area contributed by atoms with Crippen molar-refractivity contribution in [1.82, 2.24) is 10.2 Å². The maximum absolute atomic E-state index is 13.2. The Morgan fingerprint density at radius 1 is 1.16 bits per heavy atom. The lowest BCUT2D eigenvalue weighted by molar-refractivity contribution is -0.138. The average molecular weight is 430 g/mol. The fraction of sp³-hybridized carbons (Fsp3) is 0.273. The molecule has 1 atom stereocenters. The van der Waals surface area contributed by atoms with Gasteiger partial charge in [-0.25, -0.2) is 0 Å². The number of hydrogen-bond acceptors (Lipinski definition) is 4. The first-order valence-corrected chi connectivity index (χ1v) is 9.66. The molecular formula is C22H21F3N4O2. The monoisotopic (exact) mass is 430 g/mol.